The minimum Gasteiger partial charge on any atom is -0.427 e. The second-order valence-electron chi connectivity index (χ2n) is 4.40. The monoisotopic (exact) mass is 284 g/mol. The Kier molecular flexibility index (Phi) is 5.02. The molecule has 0 aliphatic heterocycles. The Labute approximate surface area is 123 Å². The number of carbonyl (C=O) groups excluding carboxylic acids is 1. The predicted molar refractivity (Wildman–Crippen MR) is 83.8 cm³/mol. The van der Waals surface area contributed by atoms with Crippen LogP contribution in [0.2, 0.25) is 0 Å². The minimum atomic E-state index is -0.303. The molecule has 3 heteroatoms. The molecule has 0 radical (unpaired) electrons. The number of benzene rings is 2. The second-order valence-corrected chi connectivity index (χ2v) is 5.38. The Balaban J connectivity index is 1.94. The van der Waals surface area contributed by atoms with Crippen LogP contribution in [0.15, 0.2) is 58.8 Å². The lowest BCUT2D eigenvalue weighted by molar-refractivity contribution is -0.131. The van der Waals surface area contributed by atoms with Gasteiger partial charge in [0.25, 0.3) is 0 Å². The highest BCUT2D eigenvalue weighted by Gasteiger charge is 1.96. The highest BCUT2D eigenvalue weighted by atomic mass is 32.2. The van der Waals surface area contributed by atoms with Gasteiger partial charge in [-0.15, -0.1) is 0 Å². The Hall–Kier alpha value is -2.00. The summed E-state index contributed by atoms with van der Waals surface area (Å²) in [5.74, 6) is 0.268. The first-order valence-electron chi connectivity index (χ1n) is 6.32. The zero-order chi connectivity index (χ0) is 14.4. The lowest BCUT2D eigenvalue weighted by Crippen LogP contribution is -2.00. The average molecular weight is 284 g/mol. The molecule has 102 valence electrons. The third kappa shape index (κ3) is 4.59. The van der Waals surface area contributed by atoms with E-state index in [0.717, 1.165) is 5.56 Å². The summed E-state index contributed by atoms with van der Waals surface area (Å²) >= 11 is 1.67. The van der Waals surface area contributed by atoms with Gasteiger partial charge < -0.3 is 4.74 Å². The fourth-order valence-corrected chi connectivity index (χ4v) is 2.30. The molecule has 0 aliphatic carbocycles. The van der Waals surface area contributed by atoms with Crippen molar-refractivity contribution in [1.82, 2.24) is 0 Å². The Morgan fingerprint density at radius 3 is 2.30 bits per heavy atom. The lowest BCUT2D eigenvalue weighted by Gasteiger charge is -2.01. The highest BCUT2D eigenvalue weighted by molar-refractivity contribution is 8.02. The SMILES string of the molecule is CC(=O)Oc1ccc(/C=C/Sc2ccc(C)cc2)cc1. The van der Waals surface area contributed by atoms with Crippen LogP contribution < -0.4 is 4.74 Å². The van der Waals surface area contributed by atoms with Crippen molar-refractivity contribution < 1.29 is 9.53 Å². The summed E-state index contributed by atoms with van der Waals surface area (Å²) in [5.41, 5.74) is 2.33. The van der Waals surface area contributed by atoms with Gasteiger partial charge in [-0.3, -0.25) is 4.79 Å². The van der Waals surface area contributed by atoms with E-state index in [4.69, 9.17) is 4.74 Å². The van der Waals surface area contributed by atoms with Crippen LogP contribution in [0.5, 0.6) is 5.75 Å². The van der Waals surface area contributed by atoms with Gasteiger partial charge in [0.05, 0.1) is 0 Å². The molecule has 0 fully saturated rings. The lowest BCUT2D eigenvalue weighted by atomic mass is 10.2. The smallest absolute Gasteiger partial charge is 0.308 e. The molecule has 0 heterocycles. The number of esters is 1. The van der Waals surface area contributed by atoms with Gasteiger partial charge in [-0.1, -0.05) is 41.6 Å². The molecular weight excluding hydrogens is 268 g/mol. The van der Waals surface area contributed by atoms with Crippen LogP contribution in [0.4, 0.5) is 0 Å². The number of rotatable bonds is 4. The maximum absolute atomic E-state index is 10.8. The summed E-state index contributed by atoms with van der Waals surface area (Å²) < 4.78 is 4.99. The largest absolute Gasteiger partial charge is 0.427 e. The fraction of sp³-hybridized carbons (Fsp3) is 0.118. The third-order valence-electron chi connectivity index (χ3n) is 2.63. The van der Waals surface area contributed by atoms with E-state index in [1.165, 1.54) is 17.4 Å². The molecule has 0 bridgehead atoms. The van der Waals surface area contributed by atoms with Crippen molar-refractivity contribution in [1.29, 1.82) is 0 Å². The van der Waals surface area contributed by atoms with Crippen molar-refractivity contribution in [3.8, 4) is 5.75 Å². The van der Waals surface area contributed by atoms with E-state index >= 15 is 0 Å². The quantitative estimate of drug-likeness (QED) is 0.463. The van der Waals surface area contributed by atoms with Crippen LogP contribution in [-0.4, -0.2) is 5.97 Å². The Morgan fingerprint density at radius 1 is 1.05 bits per heavy atom. The van der Waals surface area contributed by atoms with Gasteiger partial charge in [0.1, 0.15) is 5.75 Å². The number of hydrogen-bond acceptors (Lipinski definition) is 3. The Morgan fingerprint density at radius 2 is 1.70 bits per heavy atom. The van der Waals surface area contributed by atoms with Crippen LogP contribution in [0.1, 0.15) is 18.1 Å². The molecule has 0 saturated heterocycles. The molecule has 0 aromatic heterocycles. The summed E-state index contributed by atoms with van der Waals surface area (Å²) in [7, 11) is 0. The second kappa shape index (κ2) is 6.96. The molecule has 2 nitrogen and oxygen atoms in total. The van der Waals surface area contributed by atoms with E-state index in [9.17, 15) is 4.79 Å². The topological polar surface area (TPSA) is 26.3 Å². The van der Waals surface area contributed by atoms with Gasteiger partial charge in [-0.25, -0.2) is 0 Å². The molecule has 0 N–H and O–H groups in total. The standard InChI is InChI=1S/C17H16O2S/c1-13-3-9-17(10-4-13)20-12-11-15-5-7-16(8-6-15)19-14(2)18/h3-12H,1-2H3/b12-11+. The van der Waals surface area contributed by atoms with Crippen molar-refractivity contribution in [3.05, 3.63) is 65.1 Å². The predicted octanol–water partition coefficient (Wildman–Crippen LogP) is 4.68. The number of thioether (sulfide) groups is 1. The molecule has 0 saturated carbocycles. The van der Waals surface area contributed by atoms with Crippen molar-refractivity contribution in [2.45, 2.75) is 18.7 Å². The van der Waals surface area contributed by atoms with Gasteiger partial charge in [-0.2, -0.15) is 0 Å². The molecular formula is C17H16O2S. The summed E-state index contributed by atoms with van der Waals surface area (Å²) in [4.78, 5) is 12.0. The van der Waals surface area contributed by atoms with Crippen molar-refractivity contribution in [3.63, 3.8) is 0 Å². The van der Waals surface area contributed by atoms with Crippen LogP contribution in [0, 0.1) is 6.92 Å². The molecule has 0 aliphatic rings. The molecule has 0 atom stereocenters. The van der Waals surface area contributed by atoms with Gasteiger partial charge >= 0.3 is 5.97 Å². The molecule has 0 unspecified atom stereocenters. The van der Waals surface area contributed by atoms with Crippen LogP contribution in [0.25, 0.3) is 6.08 Å². The first-order chi connectivity index (χ1) is 9.63. The number of ether oxygens (including phenoxy) is 1. The molecule has 2 rings (SSSR count). The first kappa shape index (κ1) is 14.4. The van der Waals surface area contributed by atoms with Gasteiger partial charge in [-0.05, 0) is 48.2 Å². The maximum atomic E-state index is 10.8. The molecule has 20 heavy (non-hydrogen) atoms. The number of hydrogen-bond donors (Lipinski definition) is 0. The van der Waals surface area contributed by atoms with E-state index < -0.39 is 0 Å². The Bertz CT molecular complexity index is 598. The number of carbonyl (C=O) groups is 1. The van der Waals surface area contributed by atoms with Gasteiger partial charge in [0.15, 0.2) is 0 Å². The van der Waals surface area contributed by atoms with Gasteiger partial charge in [0, 0.05) is 11.8 Å². The fourth-order valence-electron chi connectivity index (χ4n) is 1.62. The third-order valence-corrected chi connectivity index (χ3v) is 3.44. The minimum absolute atomic E-state index is 0.303. The summed E-state index contributed by atoms with van der Waals surface area (Å²) in [5, 5.41) is 2.05. The molecule has 2 aromatic rings. The van der Waals surface area contributed by atoms with Crippen molar-refractivity contribution >= 4 is 23.8 Å². The summed E-state index contributed by atoms with van der Waals surface area (Å²) in [6.07, 6.45) is 2.03. The first-order valence-corrected chi connectivity index (χ1v) is 7.20. The molecule has 0 spiro atoms. The summed E-state index contributed by atoms with van der Waals surface area (Å²) in [6, 6.07) is 15.8. The zero-order valence-corrected chi connectivity index (χ0v) is 12.3. The molecule has 2 aromatic carbocycles. The average Bonchev–Trinajstić information content (AvgIpc) is 2.42. The van der Waals surface area contributed by atoms with E-state index in [-0.39, 0.29) is 5.97 Å². The summed E-state index contributed by atoms with van der Waals surface area (Å²) in [6.45, 7) is 3.47. The van der Waals surface area contributed by atoms with Crippen molar-refractivity contribution in [2.75, 3.05) is 0 Å². The maximum Gasteiger partial charge on any atom is 0.308 e. The van der Waals surface area contributed by atoms with E-state index in [2.05, 4.69) is 31.2 Å². The number of aryl methyl sites for hydroxylation is 1. The molecule has 0 amide bonds. The van der Waals surface area contributed by atoms with E-state index in [1.807, 2.05) is 23.6 Å². The van der Waals surface area contributed by atoms with E-state index in [0.29, 0.717) is 5.75 Å². The van der Waals surface area contributed by atoms with Crippen LogP contribution >= 0.6 is 11.8 Å². The van der Waals surface area contributed by atoms with Crippen LogP contribution in [0.3, 0.4) is 0 Å². The van der Waals surface area contributed by atoms with E-state index in [1.54, 1.807) is 23.9 Å². The van der Waals surface area contributed by atoms with Crippen LogP contribution in [-0.2, 0) is 4.79 Å². The zero-order valence-electron chi connectivity index (χ0n) is 11.5. The normalized spacial score (nSPS) is 10.7. The van der Waals surface area contributed by atoms with Gasteiger partial charge in [0.2, 0.25) is 0 Å². The highest BCUT2D eigenvalue weighted by Crippen LogP contribution is 2.21. The van der Waals surface area contributed by atoms with Crippen molar-refractivity contribution in [2.24, 2.45) is 0 Å².